The molecule has 4 aromatic carbocycles. The summed E-state index contributed by atoms with van der Waals surface area (Å²) in [7, 11) is 0. The third-order valence-electron chi connectivity index (χ3n) is 13.7. The molecular formula is C64H62N12O8. The lowest BCUT2D eigenvalue weighted by atomic mass is 10.0. The first kappa shape index (κ1) is 57.9. The van der Waals surface area contributed by atoms with Gasteiger partial charge in [0.15, 0.2) is 0 Å². The van der Waals surface area contributed by atoms with Gasteiger partial charge in [-0.25, -0.2) is 9.97 Å². The number of aromatic nitrogens is 4. The van der Waals surface area contributed by atoms with Crippen LogP contribution in [-0.2, 0) is 38.4 Å². The summed E-state index contributed by atoms with van der Waals surface area (Å²) in [6.45, 7) is 11.7. The molecule has 5 heterocycles. The number of H-pyrrole nitrogens is 2. The van der Waals surface area contributed by atoms with E-state index in [4.69, 9.17) is 9.97 Å². The van der Waals surface area contributed by atoms with Gasteiger partial charge in [-0.3, -0.25) is 38.4 Å². The van der Waals surface area contributed by atoms with Gasteiger partial charge in [-0.1, -0.05) is 48.5 Å². The van der Waals surface area contributed by atoms with E-state index in [2.05, 4.69) is 52.5 Å². The number of benzene rings is 4. The van der Waals surface area contributed by atoms with E-state index in [1.54, 1.807) is 52.0 Å². The van der Waals surface area contributed by atoms with E-state index < -0.39 is 47.8 Å². The van der Waals surface area contributed by atoms with Crippen LogP contribution >= 0.6 is 0 Å². The second kappa shape index (κ2) is 24.9. The van der Waals surface area contributed by atoms with E-state index in [1.165, 1.54) is 27.7 Å². The largest absolute Gasteiger partial charge is 0.354 e. The Morgan fingerprint density at radius 2 is 0.548 bits per heavy atom. The lowest BCUT2D eigenvalue weighted by Gasteiger charge is -2.14. The molecule has 0 saturated carbocycles. The van der Waals surface area contributed by atoms with Crippen LogP contribution in [0.4, 0.5) is 22.7 Å². The second-order valence-electron chi connectivity index (χ2n) is 20.5. The normalized spacial score (nSPS) is 12.9. The van der Waals surface area contributed by atoms with E-state index in [9.17, 15) is 38.4 Å². The summed E-state index contributed by atoms with van der Waals surface area (Å²) in [6.07, 6.45) is 7.58. The number of carbonyl (C=O) groups is 8. The Morgan fingerprint density at radius 1 is 0.333 bits per heavy atom. The second-order valence-corrected chi connectivity index (χ2v) is 20.5. The van der Waals surface area contributed by atoms with Crippen LogP contribution in [0.2, 0.25) is 0 Å². The lowest BCUT2D eigenvalue weighted by Crippen LogP contribution is -2.40. The SMILES string of the molecule is CC(=O)N[C@@H](C)C(=O)Nc1cccc(-c2c3nc(c(-c4cccc(NC(=O)[C@H](C)NC(C)=O)c4)c4ccc([nH]4)c(-c4cccc(NC(=O)[C@H](C)NC(C)=O)c4)c4nc(c(-c5cccc(NC(=O)[C@H](C)NC(C)=O)c5)c5ccc2[nH]5)C=C4)C=C3)c1. The van der Waals surface area contributed by atoms with Crippen LogP contribution in [0.15, 0.2) is 121 Å². The first-order valence-electron chi connectivity index (χ1n) is 27.1. The first-order valence-corrected chi connectivity index (χ1v) is 27.1. The Labute approximate surface area is 483 Å². The van der Waals surface area contributed by atoms with Crippen molar-refractivity contribution < 1.29 is 38.4 Å². The van der Waals surface area contributed by atoms with Crippen molar-refractivity contribution >= 4 is 116 Å². The molecule has 20 nitrogen and oxygen atoms in total. The molecule has 8 amide bonds. The van der Waals surface area contributed by atoms with Gasteiger partial charge in [-0.2, -0.15) is 0 Å². The summed E-state index contributed by atoms with van der Waals surface area (Å²) in [6, 6.07) is 33.5. The zero-order valence-electron chi connectivity index (χ0n) is 47.3. The number of nitrogens with one attached hydrogen (secondary N) is 10. The van der Waals surface area contributed by atoms with Gasteiger partial charge in [0, 0.05) is 94.8 Å². The molecule has 2 aliphatic rings. The standard InChI is InChI=1S/C64H62N12O8/c1-33(65-37(5)77)61(81)69-45-17-9-13-41(29-45)57-49-21-23-51(73-49)58(42-14-10-18-46(30-42)70-62(82)34(2)66-38(6)78)53-25-27-55(75-53)60(44-16-12-20-48(32-44)72-64(84)36(4)68-40(8)80)56-28-26-54(76-56)59(52-24-22-50(57)74-52)43-15-11-19-47(31-43)71-63(83)35(3)67-39(7)79/h9-36,73,76H,1-8H3,(H,65,77)(H,66,78)(H,67,79)(H,68,80)(H,69,81)(H,70,82)(H,71,83)(H,72,84)/t33-,34-,35-,36-/m0/s1. The minimum atomic E-state index is -0.828. The maximum atomic E-state index is 13.4. The molecule has 10 N–H and O–H groups in total. The van der Waals surface area contributed by atoms with Gasteiger partial charge in [-0.05, 0) is 147 Å². The molecule has 2 aliphatic heterocycles. The van der Waals surface area contributed by atoms with Gasteiger partial charge in [0.1, 0.15) is 24.2 Å². The molecule has 0 saturated heterocycles. The highest BCUT2D eigenvalue weighted by Gasteiger charge is 2.23. The minimum absolute atomic E-state index is 0.354. The Bertz CT molecular complexity index is 3570. The van der Waals surface area contributed by atoms with Crippen LogP contribution in [-0.4, -0.2) is 91.4 Å². The maximum absolute atomic E-state index is 13.4. The summed E-state index contributed by atoms with van der Waals surface area (Å²) in [5.41, 5.74) is 11.7. The average molecular weight is 1130 g/mol. The molecule has 84 heavy (non-hydrogen) atoms. The quantitative estimate of drug-likeness (QED) is 0.0438. The smallest absolute Gasteiger partial charge is 0.246 e. The minimum Gasteiger partial charge on any atom is -0.354 e. The average Bonchev–Trinajstić information content (AvgIpc) is 3.69. The molecule has 7 aromatic rings. The number of hydrogen-bond acceptors (Lipinski definition) is 10. The van der Waals surface area contributed by atoms with E-state index in [0.29, 0.717) is 112 Å². The van der Waals surface area contributed by atoms with E-state index >= 15 is 0 Å². The molecule has 0 fully saturated rings. The Morgan fingerprint density at radius 3 is 0.750 bits per heavy atom. The third-order valence-corrected chi connectivity index (χ3v) is 13.7. The summed E-state index contributed by atoms with van der Waals surface area (Å²) in [4.78, 5) is 119. The van der Waals surface area contributed by atoms with Crippen molar-refractivity contribution in [2.24, 2.45) is 0 Å². The van der Waals surface area contributed by atoms with Crippen molar-refractivity contribution in [3.8, 4) is 44.5 Å². The number of hydrogen-bond donors (Lipinski definition) is 10. The molecular weight excluding hydrogens is 1060 g/mol. The van der Waals surface area contributed by atoms with Gasteiger partial charge in [0.2, 0.25) is 47.3 Å². The number of aromatic amines is 2. The molecule has 0 unspecified atom stereocenters. The molecule has 0 aliphatic carbocycles. The summed E-state index contributed by atoms with van der Waals surface area (Å²) in [5, 5.41) is 22.3. The molecule has 20 heteroatoms. The monoisotopic (exact) mass is 1130 g/mol. The van der Waals surface area contributed by atoms with Gasteiger partial charge in [0.05, 0.1) is 22.8 Å². The van der Waals surface area contributed by atoms with Crippen molar-refractivity contribution in [2.45, 2.75) is 79.6 Å². The topological polar surface area (TPSA) is 290 Å². The summed E-state index contributed by atoms with van der Waals surface area (Å²) < 4.78 is 0. The van der Waals surface area contributed by atoms with Gasteiger partial charge >= 0.3 is 0 Å². The highest BCUT2D eigenvalue weighted by Crippen LogP contribution is 2.40. The Hall–Kier alpha value is -10.8. The lowest BCUT2D eigenvalue weighted by molar-refractivity contribution is -0.124. The van der Waals surface area contributed by atoms with E-state index in [1.807, 2.05) is 121 Å². The fourth-order valence-corrected chi connectivity index (χ4v) is 9.91. The van der Waals surface area contributed by atoms with Crippen LogP contribution in [0.1, 0.15) is 78.2 Å². The summed E-state index contributed by atoms with van der Waals surface area (Å²) >= 11 is 0. The highest BCUT2D eigenvalue weighted by molar-refractivity contribution is 6.04. The number of anilines is 4. The number of carbonyl (C=O) groups excluding carboxylic acids is 8. The molecule has 0 spiro atoms. The van der Waals surface area contributed by atoms with Crippen molar-refractivity contribution in [1.82, 2.24) is 41.2 Å². The summed E-state index contributed by atoms with van der Waals surface area (Å²) in [5.74, 6) is -3.12. The number of nitrogens with zero attached hydrogens (tertiary/aromatic N) is 2. The van der Waals surface area contributed by atoms with Gasteiger partial charge < -0.3 is 52.5 Å². The maximum Gasteiger partial charge on any atom is 0.246 e. The fourth-order valence-electron chi connectivity index (χ4n) is 9.91. The van der Waals surface area contributed by atoms with Crippen LogP contribution in [0.3, 0.4) is 0 Å². The molecule has 9 rings (SSSR count). The third kappa shape index (κ3) is 13.5. The van der Waals surface area contributed by atoms with Crippen molar-refractivity contribution in [2.75, 3.05) is 21.3 Å². The molecule has 8 bridgehead atoms. The predicted octanol–water partition coefficient (Wildman–Crippen LogP) is 9.18. The van der Waals surface area contributed by atoms with E-state index in [0.717, 1.165) is 0 Å². The predicted molar refractivity (Wildman–Crippen MR) is 328 cm³/mol. The van der Waals surface area contributed by atoms with Crippen LogP contribution in [0.5, 0.6) is 0 Å². The number of fused-ring (bicyclic) bond motifs is 8. The van der Waals surface area contributed by atoms with Gasteiger partial charge in [-0.15, -0.1) is 0 Å². The van der Waals surface area contributed by atoms with Crippen molar-refractivity contribution in [1.29, 1.82) is 0 Å². The first-order chi connectivity index (χ1) is 40.2. The van der Waals surface area contributed by atoms with Crippen LogP contribution in [0.25, 0.3) is 90.9 Å². The molecule has 426 valence electrons. The van der Waals surface area contributed by atoms with Crippen LogP contribution < -0.4 is 42.5 Å². The fraction of sp³-hybridized carbons (Fsp3) is 0.188. The Kier molecular flexibility index (Phi) is 17.2. The zero-order chi connectivity index (χ0) is 59.9. The molecule has 3 aromatic heterocycles. The zero-order valence-corrected chi connectivity index (χ0v) is 47.3. The van der Waals surface area contributed by atoms with Crippen molar-refractivity contribution in [3.05, 3.63) is 144 Å². The Balaban J connectivity index is 1.34. The molecule has 0 radical (unpaired) electrons. The number of amides is 8. The van der Waals surface area contributed by atoms with Crippen LogP contribution in [0, 0.1) is 0 Å². The number of rotatable bonds is 16. The highest BCUT2D eigenvalue weighted by atomic mass is 16.2. The van der Waals surface area contributed by atoms with Crippen molar-refractivity contribution in [3.63, 3.8) is 0 Å². The van der Waals surface area contributed by atoms with Gasteiger partial charge in [0.25, 0.3) is 0 Å². The van der Waals surface area contributed by atoms with E-state index in [-0.39, 0.29) is 23.6 Å². The molecule has 4 atom stereocenters.